The second-order valence-corrected chi connectivity index (χ2v) is 7.46. The molecule has 0 spiro atoms. The second kappa shape index (κ2) is 9.83. The van der Waals surface area contributed by atoms with Crippen LogP contribution in [0.2, 0.25) is 10.0 Å². The topological polar surface area (TPSA) is 30.5 Å². The fourth-order valence-electron chi connectivity index (χ4n) is 2.85. The van der Waals surface area contributed by atoms with Gasteiger partial charge < -0.3 is 14.8 Å². The summed E-state index contributed by atoms with van der Waals surface area (Å²) in [4.78, 5) is 0. The zero-order valence-corrected chi connectivity index (χ0v) is 17.5. The summed E-state index contributed by atoms with van der Waals surface area (Å²) in [6.45, 7) is 3.91. The van der Waals surface area contributed by atoms with Crippen molar-refractivity contribution in [1.82, 2.24) is 5.32 Å². The van der Waals surface area contributed by atoms with Crippen LogP contribution in [0.25, 0.3) is 0 Å². The van der Waals surface area contributed by atoms with Crippen LogP contribution in [0.4, 0.5) is 0 Å². The summed E-state index contributed by atoms with van der Waals surface area (Å²) in [5.41, 5.74) is 4.50. The number of hydrogen-bond donors (Lipinski definition) is 1. The van der Waals surface area contributed by atoms with Crippen LogP contribution in [0.15, 0.2) is 60.7 Å². The third-order valence-electron chi connectivity index (χ3n) is 4.34. The van der Waals surface area contributed by atoms with Gasteiger partial charge in [-0.1, -0.05) is 65.2 Å². The molecule has 0 saturated heterocycles. The lowest BCUT2D eigenvalue weighted by Gasteiger charge is -2.15. The monoisotopic (exact) mass is 415 g/mol. The van der Waals surface area contributed by atoms with Crippen molar-refractivity contribution in [2.45, 2.75) is 26.6 Å². The molecule has 0 aliphatic heterocycles. The van der Waals surface area contributed by atoms with E-state index < -0.39 is 0 Å². The minimum atomic E-state index is 0.363. The number of halogens is 2. The molecule has 3 aromatic carbocycles. The van der Waals surface area contributed by atoms with E-state index in [2.05, 4.69) is 36.5 Å². The molecule has 3 aromatic rings. The Morgan fingerprint density at radius 3 is 2.32 bits per heavy atom. The molecule has 0 aliphatic carbocycles. The fourth-order valence-corrected chi connectivity index (χ4v) is 3.36. The lowest BCUT2D eigenvalue weighted by atomic mass is 10.1. The molecule has 28 heavy (non-hydrogen) atoms. The number of hydrogen-bond acceptors (Lipinski definition) is 3. The summed E-state index contributed by atoms with van der Waals surface area (Å²) in [6.07, 6.45) is 0. The van der Waals surface area contributed by atoms with Gasteiger partial charge in [0.05, 0.1) is 12.1 Å². The van der Waals surface area contributed by atoms with Gasteiger partial charge in [0.25, 0.3) is 0 Å². The standard InChI is InChI=1S/C23H23Cl2NO2/c1-16-6-8-17(9-7-16)13-26-14-19-11-21(25)23(22(12-19)27-2)28-15-18-4-3-5-20(24)10-18/h3-12,26H,13-15H2,1-2H3. The largest absolute Gasteiger partial charge is 0.493 e. The molecule has 0 amide bonds. The van der Waals surface area contributed by atoms with Gasteiger partial charge in [-0.2, -0.15) is 0 Å². The highest BCUT2D eigenvalue weighted by molar-refractivity contribution is 6.32. The number of aryl methyl sites for hydroxylation is 1. The maximum atomic E-state index is 6.47. The molecule has 0 aliphatic rings. The Bertz CT molecular complexity index is 926. The van der Waals surface area contributed by atoms with Gasteiger partial charge in [0.1, 0.15) is 6.61 Å². The van der Waals surface area contributed by atoms with Crippen LogP contribution in [0.5, 0.6) is 11.5 Å². The van der Waals surface area contributed by atoms with Crippen LogP contribution in [0, 0.1) is 6.92 Å². The molecule has 0 heterocycles. The maximum absolute atomic E-state index is 6.47. The smallest absolute Gasteiger partial charge is 0.180 e. The zero-order valence-electron chi connectivity index (χ0n) is 16.0. The van der Waals surface area contributed by atoms with Gasteiger partial charge in [0.2, 0.25) is 0 Å². The van der Waals surface area contributed by atoms with E-state index in [1.165, 1.54) is 11.1 Å². The van der Waals surface area contributed by atoms with Crippen molar-refractivity contribution in [1.29, 1.82) is 0 Å². The Kier molecular flexibility index (Phi) is 7.21. The number of rotatable bonds is 8. The third kappa shape index (κ3) is 5.65. The zero-order chi connectivity index (χ0) is 19.9. The highest BCUT2D eigenvalue weighted by Crippen LogP contribution is 2.37. The molecule has 0 aromatic heterocycles. The summed E-state index contributed by atoms with van der Waals surface area (Å²) in [7, 11) is 1.61. The molecule has 0 fully saturated rings. The molecule has 5 heteroatoms. The molecule has 3 rings (SSSR count). The lowest BCUT2D eigenvalue weighted by Crippen LogP contribution is -2.13. The first-order valence-corrected chi connectivity index (χ1v) is 9.80. The summed E-state index contributed by atoms with van der Waals surface area (Å²) < 4.78 is 11.4. The normalized spacial score (nSPS) is 10.7. The van der Waals surface area contributed by atoms with Crippen LogP contribution in [0.1, 0.15) is 22.3 Å². The summed E-state index contributed by atoms with van der Waals surface area (Å²) in [5, 5.41) is 4.63. The van der Waals surface area contributed by atoms with Crippen LogP contribution in [-0.4, -0.2) is 7.11 Å². The molecule has 0 bridgehead atoms. The highest BCUT2D eigenvalue weighted by Gasteiger charge is 2.12. The van der Waals surface area contributed by atoms with Crippen molar-refractivity contribution >= 4 is 23.2 Å². The van der Waals surface area contributed by atoms with Gasteiger partial charge in [0.15, 0.2) is 11.5 Å². The number of ether oxygens (including phenoxy) is 2. The Labute approximate surface area is 176 Å². The van der Waals surface area contributed by atoms with E-state index in [9.17, 15) is 0 Å². The van der Waals surface area contributed by atoms with Crippen molar-refractivity contribution in [3.05, 3.63) is 93.0 Å². The van der Waals surface area contributed by atoms with Gasteiger partial charge in [-0.3, -0.25) is 0 Å². The minimum absolute atomic E-state index is 0.363. The number of methoxy groups -OCH3 is 1. The SMILES string of the molecule is COc1cc(CNCc2ccc(C)cc2)cc(Cl)c1OCc1cccc(Cl)c1. The first-order valence-electron chi connectivity index (χ1n) is 9.05. The number of benzene rings is 3. The Morgan fingerprint density at radius 2 is 1.61 bits per heavy atom. The first-order chi connectivity index (χ1) is 13.5. The van der Waals surface area contributed by atoms with Gasteiger partial charge >= 0.3 is 0 Å². The van der Waals surface area contributed by atoms with Crippen molar-refractivity contribution in [3.63, 3.8) is 0 Å². The van der Waals surface area contributed by atoms with Crippen molar-refractivity contribution in [2.24, 2.45) is 0 Å². The molecule has 0 atom stereocenters. The van der Waals surface area contributed by atoms with E-state index in [0.29, 0.717) is 34.7 Å². The highest BCUT2D eigenvalue weighted by atomic mass is 35.5. The average molecular weight is 416 g/mol. The van der Waals surface area contributed by atoms with E-state index in [1.807, 2.05) is 36.4 Å². The number of nitrogens with one attached hydrogen (secondary N) is 1. The van der Waals surface area contributed by atoms with Gasteiger partial charge in [-0.05, 0) is 47.9 Å². The van der Waals surface area contributed by atoms with Gasteiger partial charge in [-0.15, -0.1) is 0 Å². The fraction of sp³-hybridized carbons (Fsp3) is 0.217. The molecule has 0 saturated carbocycles. The minimum Gasteiger partial charge on any atom is -0.493 e. The van der Waals surface area contributed by atoms with Crippen LogP contribution < -0.4 is 14.8 Å². The quantitative estimate of drug-likeness (QED) is 0.476. The molecule has 146 valence electrons. The molecule has 0 radical (unpaired) electrons. The molecular weight excluding hydrogens is 393 g/mol. The Balaban J connectivity index is 1.64. The van der Waals surface area contributed by atoms with Gasteiger partial charge in [0, 0.05) is 18.1 Å². The van der Waals surface area contributed by atoms with E-state index in [4.69, 9.17) is 32.7 Å². The van der Waals surface area contributed by atoms with Crippen molar-refractivity contribution in [2.75, 3.05) is 7.11 Å². The molecule has 3 nitrogen and oxygen atoms in total. The van der Waals surface area contributed by atoms with Crippen LogP contribution >= 0.6 is 23.2 Å². The van der Waals surface area contributed by atoms with E-state index >= 15 is 0 Å². The predicted molar refractivity (Wildman–Crippen MR) is 116 cm³/mol. The summed E-state index contributed by atoms with van der Waals surface area (Å²) >= 11 is 12.5. The predicted octanol–water partition coefficient (Wildman–Crippen LogP) is 6.18. The van der Waals surface area contributed by atoms with E-state index in [0.717, 1.165) is 17.7 Å². The maximum Gasteiger partial charge on any atom is 0.180 e. The van der Waals surface area contributed by atoms with E-state index in [-0.39, 0.29) is 0 Å². The lowest BCUT2D eigenvalue weighted by molar-refractivity contribution is 0.284. The summed E-state index contributed by atoms with van der Waals surface area (Å²) in [5.74, 6) is 1.15. The Morgan fingerprint density at radius 1 is 0.857 bits per heavy atom. The molecule has 1 N–H and O–H groups in total. The van der Waals surface area contributed by atoms with Gasteiger partial charge in [-0.25, -0.2) is 0 Å². The Hall–Kier alpha value is -2.20. The van der Waals surface area contributed by atoms with Crippen LogP contribution in [0.3, 0.4) is 0 Å². The summed E-state index contributed by atoms with van der Waals surface area (Å²) in [6, 6.07) is 19.9. The molecule has 0 unspecified atom stereocenters. The van der Waals surface area contributed by atoms with Crippen molar-refractivity contribution < 1.29 is 9.47 Å². The molecular formula is C23H23Cl2NO2. The van der Waals surface area contributed by atoms with Crippen LogP contribution in [-0.2, 0) is 19.7 Å². The third-order valence-corrected chi connectivity index (χ3v) is 4.86. The van der Waals surface area contributed by atoms with Crippen molar-refractivity contribution in [3.8, 4) is 11.5 Å². The second-order valence-electron chi connectivity index (χ2n) is 6.62. The first kappa shape index (κ1) is 20.5. The average Bonchev–Trinajstić information content (AvgIpc) is 2.68. The van der Waals surface area contributed by atoms with E-state index in [1.54, 1.807) is 7.11 Å².